The maximum atomic E-state index is 11.0. The van der Waals surface area contributed by atoms with Crippen LogP contribution in [0.1, 0.15) is 19.3 Å². The highest BCUT2D eigenvalue weighted by Crippen LogP contribution is 2.23. The highest BCUT2D eigenvalue weighted by atomic mass is 16.4. The van der Waals surface area contributed by atoms with Crippen molar-refractivity contribution < 1.29 is 14.7 Å². The molecule has 0 bridgehead atoms. The average Bonchev–Trinajstić information content (AvgIpc) is 2.52. The molecule has 1 aromatic rings. The molecule has 2 amide bonds. The van der Waals surface area contributed by atoms with Crippen molar-refractivity contribution in [1.82, 2.24) is 14.9 Å². The number of aromatic nitrogens is 2. The molecule has 1 aliphatic rings. The van der Waals surface area contributed by atoms with Crippen LogP contribution in [0.2, 0.25) is 0 Å². The summed E-state index contributed by atoms with van der Waals surface area (Å²) in [5.41, 5.74) is 5.06. The van der Waals surface area contributed by atoms with E-state index in [4.69, 9.17) is 10.8 Å². The molecule has 0 radical (unpaired) electrons. The van der Waals surface area contributed by atoms with E-state index in [2.05, 4.69) is 14.9 Å². The zero-order chi connectivity index (χ0) is 15.9. The Balaban J connectivity index is 1.77. The zero-order valence-corrected chi connectivity index (χ0v) is 12.4. The fourth-order valence-corrected chi connectivity index (χ4v) is 2.67. The van der Waals surface area contributed by atoms with Gasteiger partial charge in [-0.3, -0.25) is 14.7 Å². The number of anilines is 1. The highest BCUT2D eigenvalue weighted by molar-refractivity contribution is 5.80. The van der Waals surface area contributed by atoms with Gasteiger partial charge >= 0.3 is 6.09 Å². The van der Waals surface area contributed by atoms with Crippen LogP contribution < -0.4 is 10.6 Å². The molecule has 1 aromatic heterocycles. The molecule has 1 saturated heterocycles. The third-order valence-corrected chi connectivity index (χ3v) is 3.91. The van der Waals surface area contributed by atoms with Crippen molar-refractivity contribution in [2.45, 2.75) is 19.3 Å². The van der Waals surface area contributed by atoms with Gasteiger partial charge in [0, 0.05) is 32.0 Å². The Bertz CT molecular complexity index is 502. The van der Waals surface area contributed by atoms with Gasteiger partial charge in [-0.05, 0) is 25.2 Å². The van der Waals surface area contributed by atoms with Crippen molar-refractivity contribution in [2.75, 3.05) is 31.1 Å². The third kappa shape index (κ3) is 4.57. The largest absolute Gasteiger partial charge is 0.465 e. The number of piperidine rings is 1. The molecule has 1 fully saturated rings. The standard InChI is InChI=1S/C14H21N5O3/c15-12(20)10-19(14(21)22)8-3-11-1-6-18(7-2-11)13-9-16-4-5-17-13/h4-5,9,11H,1-3,6-8,10H2,(H2,15,20)(H,21,22). The van der Waals surface area contributed by atoms with Gasteiger partial charge in [0.25, 0.3) is 0 Å². The minimum Gasteiger partial charge on any atom is -0.465 e. The van der Waals surface area contributed by atoms with E-state index in [1.54, 1.807) is 18.6 Å². The van der Waals surface area contributed by atoms with E-state index >= 15 is 0 Å². The Kier molecular flexibility index (Phi) is 5.51. The van der Waals surface area contributed by atoms with Crippen LogP contribution in [-0.4, -0.2) is 58.2 Å². The van der Waals surface area contributed by atoms with Crippen molar-refractivity contribution in [3.8, 4) is 0 Å². The summed E-state index contributed by atoms with van der Waals surface area (Å²) in [6, 6.07) is 0. The minimum atomic E-state index is -1.10. The second-order valence-corrected chi connectivity index (χ2v) is 5.45. The number of amides is 2. The van der Waals surface area contributed by atoms with Gasteiger partial charge in [0.1, 0.15) is 12.4 Å². The maximum absolute atomic E-state index is 11.0. The van der Waals surface area contributed by atoms with Gasteiger partial charge in [-0.1, -0.05) is 0 Å². The fraction of sp³-hybridized carbons (Fsp3) is 0.571. The molecular weight excluding hydrogens is 286 g/mol. The lowest BCUT2D eigenvalue weighted by atomic mass is 9.93. The summed E-state index contributed by atoms with van der Waals surface area (Å²) < 4.78 is 0. The molecule has 0 spiro atoms. The van der Waals surface area contributed by atoms with E-state index in [0.717, 1.165) is 43.1 Å². The lowest BCUT2D eigenvalue weighted by Crippen LogP contribution is -2.40. The molecular formula is C14H21N5O3. The maximum Gasteiger partial charge on any atom is 0.407 e. The van der Waals surface area contributed by atoms with Crippen LogP contribution in [0, 0.1) is 5.92 Å². The van der Waals surface area contributed by atoms with Crippen molar-refractivity contribution in [3.63, 3.8) is 0 Å². The summed E-state index contributed by atoms with van der Waals surface area (Å²) in [5, 5.41) is 9.04. The number of hydrogen-bond donors (Lipinski definition) is 2. The second-order valence-electron chi connectivity index (χ2n) is 5.45. The van der Waals surface area contributed by atoms with Gasteiger partial charge in [-0.15, -0.1) is 0 Å². The number of carbonyl (C=O) groups excluding carboxylic acids is 1. The number of nitrogens with two attached hydrogens (primary N) is 1. The third-order valence-electron chi connectivity index (χ3n) is 3.91. The monoisotopic (exact) mass is 307 g/mol. The van der Waals surface area contributed by atoms with E-state index in [1.807, 2.05) is 0 Å². The van der Waals surface area contributed by atoms with Crippen LogP contribution in [0.25, 0.3) is 0 Å². The Labute approximate surface area is 128 Å². The van der Waals surface area contributed by atoms with Crippen molar-refractivity contribution in [2.24, 2.45) is 11.7 Å². The van der Waals surface area contributed by atoms with E-state index in [-0.39, 0.29) is 6.54 Å². The van der Waals surface area contributed by atoms with Crippen molar-refractivity contribution >= 4 is 17.8 Å². The molecule has 2 heterocycles. The van der Waals surface area contributed by atoms with Crippen LogP contribution in [-0.2, 0) is 4.79 Å². The summed E-state index contributed by atoms with van der Waals surface area (Å²) >= 11 is 0. The first-order chi connectivity index (χ1) is 10.6. The quantitative estimate of drug-likeness (QED) is 0.793. The second kappa shape index (κ2) is 7.58. The number of nitrogens with zero attached hydrogens (tertiary/aromatic N) is 4. The van der Waals surface area contributed by atoms with Gasteiger partial charge in [0.2, 0.25) is 5.91 Å². The predicted octanol–water partition coefficient (Wildman–Crippen LogP) is 0.548. The SMILES string of the molecule is NC(=O)CN(CCC1CCN(c2cnccn2)CC1)C(=O)O. The first-order valence-electron chi connectivity index (χ1n) is 7.33. The Hall–Kier alpha value is -2.38. The molecule has 0 aliphatic carbocycles. The van der Waals surface area contributed by atoms with Gasteiger partial charge in [-0.25, -0.2) is 9.78 Å². The molecule has 22 heavy (non-hydrogen) atoms. The molecule has 0 saturated carbocycles. The van der Waals surface area contributed by atoms with Crippen molar-refractivity contribution in [3.05, 3.63) is 18.6 Å². The van der Waals surface area contributed by atoms with E-state index in [9.17, 15) is 9.59 Å². The smallest absolute Gasteiger partial charge is 0.407 e. The Morgan fingerprint density at radius 3 is 2.64 bits per heavy atom. The fourth-order valence-electron chi connectivity index (χ4n) is 2.67. The van der Waals surface area contributed by atoms with Gasteiger partial charge in [-0.2, -0.15) is 0 Å². The molecule has 0 unspecified atom stereocenters. The summed E-state index contributed by atoms with van der Waals surface area (Å²) in [5.74, 6) is 0.698. The van der Waals surface area contributed by atoms with Crippen LogP contribution >= 0.6 is 0 Å². The Morgan fingerprint density at radius 2 is 2.09 bits per heavy atom. The summed E-state index contributed by atoms with van der Waals surface area (Å²) in [6.45, 7) is 1.86. The van der Waals surface area contributed by atoms with E-state index < -0.39 is 12.0 Å². The number of rotatable bonds is 6. The average molecular weight is 307 g/mol. The van der Waals surface area contributed by atoms with E-state index in [1.165, 1.54) is 0 Å². The molecule has 120 valence electrons. The molecule has 0 aromatic carbocycles. The lowest BCUT2D eigenvalue weighted by molar-refractivity contribution is -0.118. The molecule has 8 nitrogen and oxygen atoms in total. The van der Waals surface area contributed by atoms with Gasteiger partial charge < -0.3 is 15.7 Å². The predicted molar refractivity (Wildman–Crippen MR) is 80.4 cm³/mol. The van der Waals surface area contributed by atoms with Crippen LogP contribution in [0.15, 0.2) is 18.6 Å². The molecule has 1 aliphatic heterocycles. The molecule has 0 atom stereocenters. The minimum absolute atomic E-state index is 0.242. The normalized spacial score (nSPS) is 15.5. The number of primary amides is 1. The molecule has 8 heteroatoms. The lowest BCUT2D eigenvalue weighted by Gasteiger charge is -2.33. The number of carbonyl (C=O) groups is 2. The van der Waals surface area contributed by atoms with Gasteiger partial charge in [0.05, 0.1) is 6.20 Å². The zero-order valence-electron chi connectivity index (χ0n) is 12.4. The highest BCUT2D eigenvalue weighted by Gasteiger charge is 2.22. The summed E-state index contributed by atoms with van der Waals surface area (Å²) in [4.78, 5) is 33.5. The number of carboxylic acid groups (broad SMARTS) is 1. The van der Waals surface area contributed by atoms with Crippen molar-refractivity contribution in [1.29, 1.82) is 0 Å². The van der Waals surface area contributed by atoms with Crippen LogP contribution in [0.3, 0.4) is 0 Å². The first-order valence-corrected chi connectivity index (χ1v) is 7.33. The van der Waals surface area contributed by atoms with Crippen LogP contribution in [0.4, 0.5) is 10.6 Å². The summed E-state index contributed by atoms with van der Waals surface area (Å²) in [6.07, 6.45) is 6.66. The first kappa shape index (κ1) is 16.0. The van der Waals surface area contributed by atoms with Gasteiger partial charge in [0.15, 0.2) is 0 Å². The van der Waals surface area contributed by atoms with Crippen LogP contribution in [0.5, 0.6) is 0 Å². The van der Waals surface area contributed by atoms with E-state index in [0.29, 0.717) is 12.5 Å². The Morgan fingerprint density at radius 1 is 1.36 bits per heavy atom. The number of hydrogen-bond acceptors (Lipinski definition) is 5. The molecule has 2 rings (SSSR count). The topological polar surface area (TPSA) is 113 Å². The summed E-state index contributed by atoms with van der Waals surface area (Å²) in [7, 11) is 0. The molecule has 3 N–H and O–H groups in total.